The maximum Gasteiger partial charge on any atom is 0.168 e. The molecular weight excluding hydrogens is 538 g/mol. The molecule has 3 aromatic heterocycles. The lowest BCUT2D eigenvalue weighted by atomic mass is 10.2. The van der Waals surface area contributed by atoms with Crippen molar-refractivity contribution in [1.82, 2.24) is 23.9 Å². The van der Waals surface area contributed by atoms with Crippen molar-refractivity contribution >= 4 is 49.7 Å². The maximum atomic E-state index is 12.7. The highest BCUT2D eigenvalue weighted by Crippen LogP contribution is 2.53. The normalized spacial score (nSPS) is 21.7. The number of anilines is 1. The summed E-state index contributed by atoms with van der Waals surface area (Å²) in [5, 5.41) is 4.37. The lowest BCUT2D eigenvalue weighted by Gasteiger charge is -2.34. The van der Waals surface area contributed by atoms with Gasteiger partial charge in [-0.15, -0.1) is 0 Å². The van der Waals surface area contributed by atoms with E-state index in [2.05, 4.69) is 43.9 Å². The molecule has 2 fully saturated rings. The first-order valence-electron chi connectivity index (χ1n) is 9.69. The second-order valence-electron chi connectivity index (χ2n) is 7.88. The van der Waals surface area contributed by atoms with Gasteiger partial charge in [0.05, 0.1) is 37.0 Å². The van der Waals surface area contributed by atoms with Crippen molar-refractivity contribution in [3.63, 3.8) is 0 Å². The van der Waals surface area contributed by atoms with Crippen LogP contribution < -0.4 is 4.90 Å². The van der Waals surface area contributed by atoms with Crippen LogP contribution in [-0.2, 0) is 19.3 Å². The number of hydrogen-bond donors (Lipinski definition) is 0. The molecule has 30 heavy (non-hydrogen) atoms. The number of morpholine rings is 1. The molecule has 5 rings (SSSR count). The molecule has 0 aromatic carbocycles. The summed E-state index contributed by atoms with van der Waals surface area (Å²) in [5.74, 6) is 0.771. The van der Waals surface area contributed by atoms with E-state index in [4.69, 9.17) is 9.72 Å². The van der Waals surface area contributed by atoms with Crippen molar-refractivity contribution in [3.8, 4) is 11.4 Å². The molecule has 4 heterocycles. The molecule has 0 bridgehead atoms. The van der Waals surface area contributed by atoms with Crippen LogP contribution in [0.4, 0.5) is 5.82 Å². The van der Waals surface area contributed by atoms with Crippen molar-refractivity contribution < 1.29 is 13.2 Å². The van der Waals surface area contributed by atoms with Crippen molar-refractivity contribution in [2.24, 2.45) is 0 Å². The second kappa shape index (κ2) is 7.39. The molecule has 0 radical (unpaired) electrons. The summed E-state index contributed by atoms with van der Waals surface area (Å²) in [6, 6.07) is 4.01. The first-order chi connectivity index (χ1) is 14.4. The van der Waals surface area contributed by atoms with Gasteiger partial charge in [-0.1, -0.05) is 0 Å². The smallest absolute Gasteiger partial charge is 0.168 e. The zero-order chi connectivity index (χ0) is 21.1. The zero-order valence-corrected chi connectivity index (χ0v) is 20.6. The number of rotatable bonds is 5. The Hall–Kier alpha value is -1.30. The Morgan fingerprint density at radius 2 is 2.17 bits per heavy atom. The van der Waals surface area contributed by atoms with Gasteiger partial charge in [0.1, 0.15) is 22.6 Å². The van der Waals surface area contributed by atoms with Gasteiger partial charge in [0.15, 0.2) is 15.5 Å². The molecule has 1 aliphatic carbocycles. The van der Waals surface area contributed by atoms with Crippen LogP contribution in [0.1, 0.15) is 25.5 Å². The van der Waals surface area contributed by atoms with Gasteiger partial charge in [-0.05, 0) is 47.9 Å². The molecule has 1 saturated heterocycles. The van der Waals surface area contributed by atoms with Gasteiger partial charge in [-0.25, -0.2) is 22.8 Å². The Balaban J connectivity index is 1.77. The highest BCUT2D eigenvalue weighted by molar-refractivity contribution is 14.2. The van der Waals surface area contributed by atoms with Gasteiger partial charge in [-0.2, -0.15) is 5.10 Å². The quantitative estimate of drug-likeness (QED) is 0.350. The first-order valence-corrected chi connectivity index (χ1v) is 15.6. The van der Waals surface area contributed by atoms with Crippen LogP contribution in [-0.4, -0.2) is 64.4 Å². The van der Waals surface area contributed by atoms with Crippen LogP contribution in [0.15, 0.2) is 24.7 Å². The second-order valence-corrected chi connectivity index (χ2v) is 12.2. The van der Waals surface area contributed by atoms with Crippen LogP contribution in [0.25, 0.3) is 17.0 Å². The van der Waals surface area contributed by atoms with Crippen molar-refractivity contribution in [2.75, 3.05) is 30.9 Å². The summed E-state index contributed by atoms with van der Waals surface area (Å²) in [4.78, 5) is 11.8. The molecule has 2 atom stereocenters. The van der Waals surface area contributed by atoms with Gasteiger partial charge < -0.3 is 9.64 Å². The number of fused-ring (bicyclic) bond motifs is 1. The van der Waals surface area contributed by atoms with Gasteiger partial charge >= 0.3 is 0 Å². The van der Waals surface area contributed by atoms with E-state index in [1.165, 1.54) is 6.26 Å². The van der Waals surface area contributed by atoms with E-state index >= 15 is 0 Å². The van der Waals surface area contributed by atoms with E-state index in [0.29, 0.717) is 50.3 Å². The molecule has 0 spiro atoms. The number of hydrogen-bond acceptors (Lipinski definition) is 7. The molecule has 2 aliphatic rings. The monoisotopic (exact) mass is 560 g/mol. The van der Waals surface area contributed by atoms with Crippen LogP contribution in [0, 0.1) is 0 Å². The molecule has 0 amide bonds. The summed E-state index contributed by atoms with van der Waals surface area (Å²) < 4.78 is 33.9. The Morgan fingerprint density at radius 1 is 1.37 bits per heavy atom. The SMILES string of the molecule is C[C@@H]1COCCN1c1cc(C2(S(C)(=O)=O)CC2)n2cnc(-c3ccnn3PI)c2n1. The molecule has 3 aromatic rings. The minimum absolute atomic E-state index is 0.155. The summed E-state index contributed by atoms with van der Waals surface area (Å²) >= 11 is 2.28. The third-order valence-electron chi connectivity index (χ3n) is 6.00. The topological polar surface area (TPSA) is 94.6 Å². The highest BCUT2D eigenvalue weighted by atomic mass is 127. The number of imidazole rings is 1. The standard InChI is InChI=1S/C18H22IN6O3PS/c1-12-10-28-8-7-23(12)15-9-14(18(4-5-18)30(2,26)27)24-11-20-16(17(24)22-15)13-3-6-21-25(13)29-19/h3,6,9,11-12,29H,4-5,7-8,10H2,1-2H3/t12-/m1/s1. The summed E-state index contributed by atoms with van der Waals surface area (Å²) in [6.07, 6.45) is 6.42. The molecule has 1 saturated carbocycles. The van der Waals surface area contributed by atoms with E-state index in [0.717, 1.165) is 17.2 Å². The average molecular weight is 560 g/mol. The van der Waals surface area contributed by atoms with E-state index in [1.807, 2.05) is 21.0 Å². The lowest BCUT2D eigenvalue weighted by Crippen LogP contribution is -2.44. The molecule has 160 valence electrons. The zero-order valence-electron chi connectivity index (χ0n) is 16.6. The average Bonchev–Trinajstić information content (AvgIpc) is 3.23. The molecular formula is C18H22IN6O3PS. The van der Waals surface area contributed by atoms with E-state index in [9.17, 15) is 8.42 Å². The summed E-state index contributed by atoms with van der Waals surface area (Å²) in [7, 11) is -3.29. The predicted molar refractivity (Wildman–Crippen MR) is 125 cm³/mol. The third-order valence-corrected chi connectivity index (χ3v) is 9.92. The van der Waals surface area contributed by atoms with Crippen LogP contribution in [0.3, 0.4) is 0 Å². The molecule has 0 N–H and O–H groups in total. The summed E-state index contributed by atoms with van der Waals surface area (Å²) in [5.41, 5.74) is 2.99. The minimum Gasteiger partial charge on any atom is -0.377 e. The van der Waals surface area contributed by atoms with Gasteiger partial charge in [0.2, 0.25) is 0 Å². The van der Waals surface area contributed by atoms with Crippen LogP contribution in [0.2, 0.25) is 0 Å². The van der Waals surface area contributed by atoms with Crippen LogP contribution in [0.5, 0.6) is 0 Å². The summed E-state index contributed by atoms with van der Waals surface area (Å²) in [6.45, 7) is 4.05. The number of aromatic nitrogens is 5. The Labute approximate surface area is 189 Å². The Bertz CT molecular complexity index is 1220. The molecule has 12 heteroatoms. The maximum absolute atomic E-state index is 12.7. The van der Waals surface area contributed by atoms with Gasteiger partial charge in [0, 0.05) is 25.1 Å². The first kappa shape index (κ1) is 20.6. The fourth-order valence-electron chi connectivity index (χ4n) is 4.18. The van der Waals surface area contributed by atoms with E-state index in [1.54, 1.807) is 12.5 Å². The predicted octanol–water partition coefficient (Wildman–Crippen LogP) is 2.64. The Kier molecular flexibility index (Phi) is 5.07. The fraction of sp³-hybridized carbons (Fsp3) is 0.500. The van der Waals surface area contributed by atoms with Crippen molar-refractivity contribution in [3.05, 3.63) is 30.4 Å². The fourth-order valence-corrected chi connectivity index (χ4v) is 7.10. The van der Waals surface area contributed by atoms with Crippen LogP contribution >= 0.6 is 28.4 Å². The van der Waals surface area contributed by atoms with Crippen molar-refractivity contribution in [2.45, 2.75) is 30.6 Å². The highest BCUT2D eigenvalue weighted by Gasteiger charge is 2.55. The molecule has 9 nitrogen and oxygen atoms in total. The lowest BCUT2D eigenvalue weighted by molar-refractivity contribution is 0.0985. The van der Waals surface area contributed by atoms with Crippen molar-refractivity contribution in [1.29, 1.82) is 0 Å². The Morgan fingerprint density at radius 3 is 2.83 bits per heavy atom. The number of halogens is 1. The number of sulfone groups is 1. The number of nitrogens with zero attached hydrogens (tertiary/aromatic N) is 6. The third kappa shape index (κ3) is 3.16. The molecule has 1 unspecified atom stereocenters. The largest absolute Gasteiger partial charge is 0.377 e. The van der Waals surface area contributed by atoms with E-state index in [-0.39, 0.29) is 6.04 Å². The van der Waals surface area contributed by atoms with Gasteiger partial charge in [0.25, 0.3) is 0 Å². The van der Waals surface area contributed by atoms with Gasteiger partial charge in [-0.3, -0.25) is 4.40 Å². The van der Waals surface area contributed by atoms with E-state index < -0.39 is 14.6 Å². The molecule has 1 aliphatic heterocycles. The minimum atomic E-state index is -3.29. The number of ether oxygens (including phenoxy) is 1.